The number of benzene rings is 1. The van der Waals surface area contributed by atoms with Crippen molar-refractivity contribution < 1.29 is 23.1 Å². The van der Waals surface area contributed by atoms with Gasteiger partial charge in [0.15, 0.2) is 0 Å². The Morgan fingerprint density at radius 1 is 1.41 bits per heavy atom. The quantitative estimate of drug-likeness (QED) is 0.640. The maximum absolute atomic E-state index is 12.9. The predicted octanol–water partition coefficient (Wildman–Crippen LogP) is 0.427. The van der Waals surface area contributed by atoms with Gasteiger partial charge in [-0.05, 0) is 32.2 Å². The molecule has 0 fully saturated rings. The van der Waals surface area contributed by atoms with Crippen LogP contribution in [0.15, 0.2) is 18.2 Å². The normalized spacial score (nSPS) is 22.1. The molecule has 8 nitrogen and oxygen atoms in total. The third kappa shape index (κ3) is 5.82. The van der Waals surface area contributed by atoms with E-state index in [9.17, 15) is 18.3 Å². The molecule has 3 N–H and O–H groups in total. The second-order valence-corrected chi connectivity index (χ2v) is 8.89. The number of nitrogens with one attached hydrogen (secondary N) is 2. The van der Waals surface area contributed by atoms with Crippen molar-refractivity contribution in [1.29, 1.82) is 0 Å². The number of likely N-dealkylation sites (N-methyl/N-ethyl adjacent to an activating group) is 1. The molecule has 1 aromatic carbocycles. The molecule has 0 radical (unpaired) electrons. The van der Waals surface area contributed by atoms with Gasteiger partial charge in [-0.25, -0.2) is 8.42 Å². The summed E-state index contributed by atoms with van der Waals surface area (Å²) >= 11 is 0. The van der Waals surface area contributed by atoms with Gasteiger partial charge in [-0.3, -0.25) is 9.52 Å². The van der Waals surface area contributed by atoms with E-state index in [2.05, 4.69) is 10.0 Å². The van der Waals surface area contributed by atoms with Crippen molar-refractivity contribution in [2.45, 2.75) is 32.4 Å². The van der Waals surface area contributed by atoms with Gasteiger partial charge in [-0.15, -0.1) is 0 Å². The summed E-state index contributed by atoms with van der Waals surface area (Å²) < 4.78 is 31.6. The van der Waals surface area contributed by atoms with E-state index < -0.39 is 10.0 Å². The molecule has 2 rings (SSSR count). The number of aliphatic hydroxyl groups is 1. The fraction of sp³-hybridized carbons (Fsp3) is 0.611. The lowest BCUT2D eigenvalue weighted by molar-refractivity contribution is -0.134. The number of amides is 1. The zero-order valence-electron chi connectivity index (χ0n) is 16.2. The Morgan fingerprint density at radius 2 is 2.11 bits per heavy atom. The predicted molar refractivity (Wildman–Crippen MR) is 104 cm³/mol. The SMILES string of the molecule is CNC[C@@H]1Oc2ccc(NS(C)(=O)=O)cc2CC(=O)N([C@H](C)CO)C[C@H]1C. The Hall–Kier alpha value is -1.84. The number of fused-ring (bicyclic) bond motifs is 1. The molecule has 0 aromatic heterocycles. The zero-order chi connectivity index (χ0) is 20.2. The number of sulfonamides is 1. The first-order chi connectivity index (χ1) is 12.6. The van der Waals surface area contributed by atoms with Crippen LogP contribution in [-0.2, 0) is 21.2 Å². The highest BCUT2D eigenvalue weighted by Gasteiger charge is 2.30. The second-order valence-electron chi connectivity index (χ2n) is 7.14. The van der Waals surface area contributed by atoms with Gasteiger partial charge in [0.1, 0.15) is 11.9 Å². The van der Waals surface area contributed by atoms with Crippen molar-refractivity contribution in [1.82, 2.24) is 10.2 Å². The number of anilines is 1. The summed E-state index contributed by atoms with van der Waals surface area (Å²) in [5.41, 5.74) is 0.992. The molecule has 27 heavy (non-hydrogen) atoms. The fourth-order valence-corrected chi connectivity index (χ4v) is 3.71. The monoisotopic (exact) mass is 399 g/mol. The van der Waals surface area contributed by atoms with Crippen LogP contribution in [0.3, 0.4) is 0 Å². The number of rotatable bonds is 6. The highest BCUT2D eigenvalue weighted by atomic mass is 32.2. The summed E-state index contributed by atoms with van der Waals surface area (Å²) in [6, 6.07) is 4.63. The molecule has 1 amide bonds. The number of carbonyl (C=O) groups excluding carboxylic acids is 1. The van der Waals surface area contributed by atoms with E-state index in [1.807, 2.05) is 14.0 Å². The van der Waals surface area contributed by atoms with E-state index in [-0.39, 0.29) is 37.0 Å². The van der Waals surface area contributed by atoms with E-state index in [0.29, 0.717) is 30.1 Å². The van der Waals surface area contributed by atoms with Crippen molar-refractivity contribution in [2.24, 2.45) is 5.92 Å². The Labute approximate surface area is 160 Å². The van der Waals surface area contributed by atoms with Gasteiger partial charge in [0.25, 0.3) is 0 Å². The van der Waals surface area contributed by atoms with Gasteiger partial charge in [0.05, 0.1) is 25.3 Å². The second kappa shape index (κ2) is 8.90. The number of hydrogen-bond donors (Lipinski definition) is 3. The lowest BCUT2D eigenvalue weighted by atomic mass is 10.0. The van der Waals surface area contributed by atoms with Crippen molar-refractivity contribution in [3.63, 3.8) is 0 Å². The van der Waals surface area contributed by atoms with Crippen LogP contribution in [-0.4, -0.2) is 69.5 Å². The van der Waals surface area contributed by atoms with Crippen LogP contribution in [0.25, 0.3) is 0 Å². The minimum atomic E-state index is -3.43. The number of carbonyl (C=O) groups is 1. The molecule has 0 aliphatic carbocycles. The molecular weight excluding hydrogens is 370 g/mol. The number of aliphatic hydroxyl groups excluding tert-OH is 1. The van der Waals surface area contributed by atoms with E-state index in [1.54, 1.807) is 30.0 Å². The van der Waals surface area contributed by atoms with Crippen LogP contribution in [0.1, 0.15) is 19.4 Å². The number of ether oxygens (including phenoxy) is 1. The summed E-state index contributed by atoms with van der Waals surface area (Å²) in [6.45, 7) is 4.75. The van der Waals surface area contributed by atoms with Gasteiger partial charge in [0.2, 0.25) is 15.9 Å². The highest BCUT2D eigenvalue weighted by Crippen LogP contribution is 2.29. The summed E-state index contributed by atoms with van der Waals surface area (Å²) in [6.07, 6.45) is 0.964. The molecule has 1 aromatic rings. The zero-order valence-corrected chi connectivity index (χ0v) is 17.0. The smallest absolute Gasteiger partial charge is 0.229 e. The molecule has 9 heteroatoms. The topological polar surface area (TPSA) is 108 Å². The Kier molecular flexibility index (Phi) is 7.07. The first-order valence-electron chi connectivity index (χ1n) is 8.97. The summed E-state index contributed by atoms with van der Waals surface area (Å²) in [5, 5.41) is 12.7. The van der Waals surface area contributed by atoms with E-state index >= 15 is 0 Å². The largest absolute Gasteiger partial charge is 0.488 e. The molecule has 1 heterocycles. The van der Waals surface area contributed by atoms with Crippen molar-refractivity contribution in [3.8, 4) is 5.75 Å². The first kappa shape index (κ1) is 21.5. The Morgan fingerprint density at radius 3 is 2.70 bits per heavy atom. The molecule has 152 valence electrons. The van der Waals surface area contributed by atoms with E-state index in [1.165, 1.54) is 0 Å². The van der Waals surface area contributed by atoms with Crippen molar-refractivity contribution >= 4 is 21.6 Å². The maximum atomic E-state index is 12.9. The molecule has 0 spiro atoms. The maximum Gasteiger partial charge on any atom is 0.229 e. The molecule has 1 aliphatic rings. The van der Waals surface area contributed by atoms with Crippen LogP contribution in [0.2, 0.25) is 0 Å². The van der Waals surface area contributed by atoms with Crippen LogP contribution in [0, 0.1) is 5.92 Å². The molecule has 0 unspecified atom stereocenters. The minimum Gasteiger partial charge on any atom is -0.488 e. The third-order valence-corrected chi connectivity index (χ3v) is 5.23. The molecule has 3 atom stereocenters. The Bertz CT molecular complexity index is 768. The van der Waals surface area contributed by atoms with Crippen LogP contribution < -0.4 is 14.8 Å². The third-order valence-electron chi connectivity index (χ3n) is 4.63. The highest BCUT2D eigenvalue weighted by molar-refractivity contribution is 7.92. The first-order valence-corrected chi connectivity index (χ1v) is 10.9. The standard InChI is InChI=1S/C18H29N3O5S/c1-12-10-21(13(2)11-22)18(23)8-14-7-15(20-27(4,24)25)5-6-16(14)26-17(12)9-19-3/h5-7,12-13,17,19-20,22H,8-11H2,1-4H3/t12-,13-,17+/m1/s1. The molecule has 0 saturated heterocycles. The van der Waals surface area contributed by atoms with Gasteiger partial charge in [-0.1, -0.05) is 6.92 Å². The molecule has 0 bridgehead atoms. The lowest BCUT2D eigenvalue weighted by Gasteiger charge is -2.32. The molecule has 0 saturated carbocycles. The van der Waals surface area contributed by atoms with Gasteiger partial charge in [0, 0.05) is 30.3 Å². The number of hydrogen-bond acceptors (Lipinski definition) is 6. The Balaban J connectivity index is 2.45. The van der Waals surface area contributed by atoms with E-state index in [0.717, 1.165) is 6.26 Å². The van der Waals surface area contributed by atoms with Crippen molar-refractivity contribution in [3.05, 3.63) is 23.8 Å². The van der Waals surface area contributed by atoms with Crippen LogP contribution >= 0.6 is 0 Å². The average molecular weight is 400 g/mol. The summed E-state index contributed by atoms with van der Waals surface area (Å²) in [4.78, 5) is 14.6. The van der Waals surface area contributed by atoms with Gasteiger partial charge >= 0.3 is 0 Å². The summed E-state index contributed by atoms with van der Waals surface area (Å²) in [7, 11) is -1.59. The van der Waals surface area contributed by atoms with Crippen LogP contribution in [0.5, 0.6) is 5.75 Å². The minimum absolute atomic E-state index is 0.0372. The molecular formula is C18H29N3O5S. The van der Waals surface area contributed by atoms with E-state index in [4.69, 9.17) is 4.74 Å². The van der Waals surface area contributed by atoms with Crippen molar-refractivity contribution in [2.75, 3.05) is 37.7 Å². The van der Waals surface area contributed by atoms with Gasteiger partial charge in [-0.2, -0.15) is 0 Å². The molecule has 1 aliphatic heterocycles. The average Bonchev–Trinajstić information content (AvgIpc) is 2.62. The van der Waals surface area contributed by atoms with Crippen LogP contribution in [0.4, 0.5) is 5.69 Å². The van der Waals surface area contributed by atoms with Gasteiger partial charge < -0.3 is 20.1 Å². The fourth-order valence-electron chi connectivity index (χ4n) is 3.15. The number of nitrogens with zero attached hydrogens (tertiary/aromatic N) is 1. The summed E-state index contributed by atoms with van der Waals surface area (Å²) in [5.74, 6) is 0.470. The lowest BCUT2D eigenvalue weighted by Crippen LogP contribution is -2.47.